The Bertz CT molecular complexity index is 815. The number of fused-ring (bicyclic) bond motifs is 1. The molecule has 1 fully saturated rings. The first-order chi connectivity index (χ1) is 13.5. The third kappa shape index (κ3) is 4.33. The first kappa shape index (κ1) is 20.7. The predicted molar refractivity (Wildman–Crippen MR) is 115 cm³/mol. The highest BCUT2D eigenvalue weighted by molar-refractivity contribution is 6.06. The van der Waals surface area contributed by atoms with Gasteiger partial charge >= 0.3 is 0 Å². The third-order valence-corrected chi connectivity index (χ3v) is 5.83. The number of carbonyl (C=O) groups is 1. The minimum atomic E-state index is -0.723. The van der Waals surface area contributed by atoms with Crippen molar-refractivity contribution in [3.05, 3.63) is 36.4 Å². The summed E-state index contributed by atoms with van der Waals surface area (Å²) in [6.07, 6.45) is 4.84. The molecule has 1 aliphatic carbocycles. The molecule has 152 valence electrons. The maximum Gasteiger partial charge on any atom is 0.256 e. The van der Waals surface area contributed by atoms with Gasteiger partial charge in [0.1, 0.15) is 11.4 Å². The van der Waals surface area contributed by atoms with Crippen LogP contribution in [-0.2, 0) is 9.53 Å². The van der Waals surface area contributed by atoms with E-state index in [1.165, 1.54) is 0 Å². The van der Waals surface area contributed by atoms with E-state index in [-0.39, 0.29) is 12.0 Å². The minimum Gasteiger partial charge on any atom is -0.490 e. The molecule has 2 aromatic rings. The monoisotopic (exact) mass is 383 g/mol. The molecule has 4 nitrogen and oxygen atoms in total. The Labute approximate surface area is 168 Å². The van der Waals surface area contributed by atoms with Crippen molar-refractivity contribution in [3.63, 3.8) is 0 Å². The van der Waals surface area contributed by atoms with Crippen LogP contribution in [0.25, 0.3) is 10.8 Å². The largest absolute Gasteiger partial charge is 0.490 e. The molecule has 3 atom stereocenters. The standard InChI is InChI=1S/C24H33NO3/c1-5-18(4)28-22-14-13-21(19-11-7-8-12-20(19)22)25-23(26)24(27-6-2)15-9-10-17(3)16-24/h7-8,11-14,17-18H,5-6,9-10,15-16H2,1-4H3,(H,25,26)/t17-,18-,24+/m0/s1. The van der Waals surface area contributed by atoms with Crippen LogP contribution in [-0.4, -0.2) is 24.2 Å². The summed E-state index contributed by atoms with van der Waals surface area (Å²) in [6.45, 7) is 8.89. The van der Waals surface area contributed by atoms with Gasteiger partial charge in [0.15, 0.2) is 0 Å². The van der Waals surface area contributed by atoms with Gasteiger partial charge in [0, 0.05) is 23.1 Å². The van der Waals surface area contributed by atoms with Gasteiger partial charge < -0.3 is 14.8 Å². The van der Waals surface area contributed by atoms with Crippen molar-refractivity contribution in [2.75, 3.05) is 11.9 Å². The number of nitrogens with one attached hydrogen (secondary N) is 1. The number of benzene rings is 2. The molecule has 1 N–H and O–H groups in total. The quantitative estimate of drug-likeness (QED) is 0.643. The second-order valence-corrected chi connectivity index (χ2v) is 8.08. The topological polar surface area (TPSA) is 47.6 Å². The van der Waals surface area contributed by atoms with Crippen molar-refractivity contribution in [2.45, 2.75) is 71.5 Å². The lowest BCUT2D eigenvalue weighted by molar-refractivity contribution is -0.147. The molecule has 3 rings (SSSR count). The van der Waals surface area contributed by atoms with Crippen LogP contribution in [0.2, 0.25) is 0 Å². The van der Waals surface area contributed by atoms with Crippen LogP contribution in [0, 0.1) is 5.92 Å². The number of carbonyl (C=O) groups excluding carboxylic acids is 1. The van der Waals surface area contributed by atoms with E-state index in [9.17, 15) is 4.79 Å². The molecule has 0 saturated heterocycles. The molecule has 4 heteroatoms. The van der Waals surface area contributed by atoms with Crippen LogP contribution in [0.1, 0.15) is 59.8 Å². The summed E-state index contributed by atoms with van der Waals surface area (Å²) in [5, 5.41) is 5.19. The van der Waals surface area contributed by atoms with E-state index in [0.29, 0.717) is 12.5 Å². The molecule has 28 heavy (non-hydrogen) atoms. The first-order valence-electron chi connectivity index (χ1n) is 10.6. The number of ether oxygens (including phenoxy) is 2. The summed E-state index contributed by atoms with van der Waals surface area (Å²) in [5.74, 6) is 1.32. The molecule has 1 amide bonds. The molecule has 2 aromatic carbocycles. The van der Waals surface area contributed by atoms with Crippen molar-refractivity contribution >= 4 is 22.4 Å². The van der Waals surface area contributed by atoms with Crippen LogP contribution in [0.5, 0.6) is 5.75 Å². The minimum absolute atomic E-state index is 0.0263. The highest BCUT2D eigenvalue weighted by Gasteiger charge is 2.42. The summed E-state index contributed by atoms with van der Waals surface area (Å²) >= 11 is 0. The van der Waals surface area contributed by atoms with E-state index in [1.54, 1.807) is 0 Å². The van der Waals surface area contributed by atoms with Gasteiger partial charge in [-0.25, -0.2) is 0 Å². The average Bonchev–Trinajstić information content (AvgIpc) is 2.69. The number of hydrogen-bond donors (Lipinski definition) is 1. The molecule has 1 saturated carbocycles. The van der Waals surface area contributed by atoms with E-state index >= 15 is 0 Å². The Balaban J connectivity index is 1.91. The van der Waals surface area contributed by atoms with Gasteiger partial charge in [-0.15, -0.1) is 0 Å². The van der Waals surface area contributed by atoms with Gasteiger partial charge in [-0.2, -0.15) is 0 Å². The van der Waals surface area contributed by atoms with E-state index in [0.717, 1.165) is 54.3 Å². The predicted octanol–water partition coefficient (Wildman–Crippen LogP) is 5.94. The molecule has 0 heterocycles. The van der Waals surface area contributed by atoms with E-state index < -0.39 is 5.60 Å². The highest BCUT2D eigenvalue weighted by Crippen LogP contribution is 2.38. The van der Waals surface area contributed by atoms with Gasteiger partial charge in [0.2, 0.25) is 0 Å². The molecule has 0 aromatic heterocycles. The Morgan fingerprint density at radius 3 is 2.64 bits per heavy atom. The van der Waals surface area contributed by atoms with E-state index in [1.807, 2.05) is 43.3 Å². The molecule has 0 radical (unpaired) electrons. The molecule has 0 spiro atoms. The van der Waals surface area contributed by atoms with Crippen LogP contribution in [0.15, 0.2) is 36.4 Å². The Hall–Kier alpha value is -2.07. The van der Waals surface area contributed by atoms with Crippen molar-refractivity contribution in [3.8, 4) is 5.75 Å². The lowest BCUT2D eigenvalue weighted by atomic mass is 9.78. The smallest absolute Gasteiger partial charge is 0.256 e. The molecule has 0 unspecified atom stereocenters. The fourth-order valence-corrected chi connectivity index (χ4v) is 4.20. The molecule has 1 aliphatic rings. The lowest BCUT2D eigenvalue weighted by Crippen LogP contribution is -2.48. The summed E-state index contributed by atoms with van der Waals surface area (Å²) in [5.41, 5.74) is 0.0915. The van der Waals surface area contributed by atoms with Crippen LogP contribution in [0.4, 0.5) is 5.69 Å². The van der Waals surface area contributed by atoms with Gasteiger partial charge in [-0.05, 0) is 57.6 Å². The second kappa shape index (κ2) is 8.95. The van der Waals surface area contributed by atoms with Crippen molar-refractivity contribution in [1.29, 1.82) is 0 Å². The summed E-state index contributed by atoms with van der Waals surface area (Å²) in [4.78, 5) is 13.3. The summed E-state index contributed by atoms with van der Waals surface area (Å²) in [7, 11) is 0. The number of anilines is 1. The van der Waals surface area contributed by atoms with Gasteiger partial charge in [0.05, 0.1) is 6.10 Å². The van der Waals surface area contributed by atoms with Crippen molar-refractivity contribution < 1.29 is 14.3 Å². The van der Waals surface area contributed by atoms with Gasteiger partial charge in [0.25, 0.3) is 5.91 Å². The normalized spacial score (nSPS) is 23.4. The van der Waals surface area contributed by atoms with Crippen molar-refractivity contribution in [2.24, 2.45) is 5.92 Å². The highest BCUT2D eigenvalue weighted by atomic mass is 16.5. The number of amides is 1. The second-order valence-electron chi connectivity index (χ2n) is 8.08. The van der Waals surface area contributed by atoms with Crippen molar-refractivity contribution in [1.82, 2.24) is 0 Å². The maximum atomic E-state index is 13.3. The zero-order valence-electron chi connectivity index (χ0n) is 17.6. The number of hydrogen-bond acceptors (Lipinski definition) is 3. The molecule has 0 aliphatic heterocycles. The molecular weight excluding hydrogens is 350 g/mol. The molecule has 0 bridgehead atoms. The average molecular weight is 384 g/mol. The lowest BCUT2D eigenvalue weighted by Gasteiger charge is -2.38. The van der Waals surface area contributed by atoms with Crippen LogP contribution >= 0.6 is 0 Å². The van der Waals surface area contributed by atoms with Crippen LogP contribution < -0.4 is 10.1 Å². The van der Waals surface area contributed by atoms with Gasteiger partial charge in [-0.1, -0.05) is 44.5 Å². The van der Waals surface area contributed by atoms with E-state index in [2.05, 4.69) is 26.1 Å². The van der Waals surface area contributed by atoms with E-state index in [4.69, 9.17) is 9.47 Å². The zero-order chi connectivity index (χ0) is 20.1. The molecular formula is C24H33NO3. The Morgan fingerprint density at radius 1 is 1.21 bits per heavy atom. The maximum absolute atomic E-state index is 13.3. The number of rotatable bonds is 7. The van der Waals surface area contributed by atoms with Crippen LogP contribution in [0.3, 0.4) is 0 Å². The Kier molecular flexibility index (Phi) is 6.61. The van der Waals surface area contributed by atoms with Gasteiger partial charge in [-0.3, -0.25) is 4.79 Å². The SMILES string of the molecule is CCO[C@]1(C(=O)Nc2ccc(O[C@@H](C)CC)c3ccccc23)CCC[C@H](C)C1. The fraction of sp³-hybridized carbons (Fsp3) is 0.542. The first-order valence-corrected chi connectivity index (χ1v) is 10.6. The third-order valence-electron chi connectivity index (χ3n) is 5.83. The zero-order valence-corrected chi connectivity index (χ0v) is 17.6. The summed E-state index contributed by atoms with van der Waals surface area (Å²) < 4.78 is 12.1. The summed E-state index contributed by atoms with van der Waals surface area (Å²) in [6, 6.07) is 12.0. The Morgan fingerprint density at radius 2 is 1.96 bits per heavy atom. The fourth-order valence-electron chi connectivity index (χ4n) is 4.20.